The number of benzene rings is 1. The normalized spacial score (nSPS) is 34.5. The van der Waals surface area contributed by atoms with E-state index < -0.39 is 0 Å². The van der Waals surface area contributed by atoms with Gasteiger partial charge < -0.3 is 10.6 Å². The number of nitrogens with one attached hydrogen (secondary N) is 2. The summed E-state index contributed by atoms with van der Waals surface area (Å²) in [5.74, 6) is 0.768. The monoisotopic (exact) mass is 188 g/mol. The van der Waals surface area contributed by atoms with Crippen LogP contribution in [-0.2, 0) is 0 Å². The Balaban J connectivity index is 2.07. The molecule has 2 nitrogen and oxygen atoms in total. The first kappa shape index (κ1) is 8.30. The van der Waals surface area contributed by atoms with Crippen molar-refractivity contribution in [2.45, 2.75) is 25.4 Å². The van der Waals surface area contributed by atoms with Crippen LogP contribution in [0.5, 0.6) is 0 Å². The van der Waals surface area contributed by atoms with Crippen molar-refractivity contribution in [3.8, 4) is 0 Å². The summed E-state index contributed by atoms with van der Waals surface area (Å²) in [5.41, 5.74) is 2.77. The molecule has 0 unspecified atom stereocenters. The number of rotatable bonds is 0. The van der Waals surface area contributed by atoms with Crippen molar-refractivity contribution in [2.75, 3.05) is 11.9 Å². The molecule has 0 radical (unpaired) electrons. The molecule has 74 valence electrons. The molecule has 0 aromatic heterocycles. The quantitative estimate of drug-likeness (QED) is 0.652. The fraction of sp³-hybridized carbons (Fsp3) is 0.500. The molecule has 0 amide bonds. The number of fused-ring (bicyclic) bond motifs is 3. The number of hydrogen-bond donors (Lipinski definition) is 2. The zero-order valence-electron chi connectivity index (χ0n) is 8.46. The van der Waals surface area contributed by atoms with E-state index in [2.05, 4.69) is 41.8 Å². The largest absolute Gasteiger partial charge is 0.382 e. The van der Waals surface area contributed by atoms with Crippen LogP contribution in [0.4, 0.5) is 5.69 Å². The summed E-state index contributed by atoms with van der Waals surface area (Å²) < 4.78 is 0. The first-order chi connectivity index (χ1) is 6.86. The SMILES string of the molecule is C[C@@H]1Nc2ccccc2[C@@H]2NCC[C@H]12. The third-order valence-electron chi connectivity index (χ3n) is 3.59. The lowest BCUT2D eigenvalue weighted by Gasteiger charge is -2.34. The van der Waals surface area contributed by atoms with Crippen LogP contribution in [0.3, 0.4) is 0 Å². The van der Waals surface area contributed by atoms with Crippen molar-refractivity contribution in [3.63, 3.8) is 0 Å². The lowest BCUT2D eigenvalue weighted by molar-refractivity contribution is 0.401. The van der Waals surface area contributed by atoms with Gasteiger partial charge in [0.15, 0.2) is 0 Å². The molecule has 0 spiro atoms. The molecule has 0 saturated carbocycles. The topological polar surface area (TPSA) is 24.1 Å². The fourth-order valence-corrected chi connectivity index (χ4v) is 2.85. The second-order valence-corrected chi connectivity index (χ2v) is 4.40. The molecule has 3 rings (SSSR count). The Morgan fingerprint density at radius 2 is 2.14 bits per heavy atom. The Labute approximate surface area is 84.7 Å². The molecular formula is C12H16N2. The number of anilines is 1. The van der Waals surface area contributed by atoms with Crippen molar-refractivity contribution in [3.05, 3.63) is 29.8 Å². The maximum absolute atomic E-state index is 3.61. The van der Waals surface area contributed by atoms with E-state index in [9.17, 15) is 0 Å². The molecule has 2 N–H and O–H groups in total. The molecular weight excluding hydrogens is 172 g/mol. The summed E-state index contributed by atoms with van der Waals surface area (Å²) in [6.07, 6.45) is 1.30. The Morgan fingerprint density at radius 3 is 3.07 bits per heavy atom. The van der Waals surface area contributed by atoms with Crippen molar-refractivity contribution in [2.24, 2.45) is 5.92 Å². The molecule has 2 aliphatic heterocycles. The zero-order valence-corrected chi connectivity index (χ0v) is 8.46. The van der Waals surface area contributed by atoms with Crippen molar-refractivity contribution < 1.29 is 0 Å². The van der Waals surface area contributed by atoms with Crippen molar-refractivity contribution >= 4 is 5.69 Å². The van der Waals surface area contributed by atoms with Gasteiger partial charge in [0.2, 0.25) is 0 Å². The van der Waals surface area contributed by atoms with E-state index in [4.69, 9.17) is 0 Å². The molecule has 14 heavy (non-hydrogen) atoms. The van der Waals surface area contributed by atoms with E-state index in [0.29, 0.717) is 12.1 Å². The highest BCUT2D eigenvalue weighted by atomic mass is 15.0. The number of hydrogen-bond acceptors (Lipinski definition) is 2. The highest BCUT2D eigenvalue weighted by molar-refractivity contribution is 5.56. The summed E-state index contributed by atoms with van der Waals surface area (Å²) in [5, 5.41) is 7.20. The van der Waals surface area contributed by atoms with E-state index in [1.54, 1.807) is 0 Å². The van der Waals surface area contributed by atoms with E-state index >= 15 is 0 Å². The summed E-state index contributed by atoms with van der Waals surface area (Å²) >= 11 is 0. The van der Waals surface area contributed by atoms with E-state index in [-0.39, 0.29) is 0 Å². The van der Waals surface area contributed by atoms with Crippen LogP contribution < -0.4 is 10.6 Å². The molecule has 1 fully saturated rings. The standard InChI is InChI=1S/C12H16N2/c1-8-9-6-7-13-12(9)10-4-2-3-5-11(10)14-8/h2-5,8-9,12-14H,6-7H2,1H3/t8-,9+,12+/m0/s1. The second kappa shape index (κ2) is 2.99. The average Bonchev–Trinajstić information content (AvgIpc) is 2.67. The van der Waals surface area contributed by atoms with Gasteiger partial charge in [0.1, 0.15) is 0 Å². The Kier molecular flexibility index (Phi) is 1.77. The predicted octanol–water partition coefficient (Wildman–Crippen LogP) is 2.15. The minimum atomic E-state index is 0.586. The smallest absolute Gasteiger partial charge is 0.0390 e. The third kappa shape index (κ3) is 1.07. The van der Waals surface area contributed by atoms with Gasteiger partial charge >= 0.3 is 0 Å². The molecule has 3 atom stereocenters. The van der Waals surface area contributed by atoms with Crippen LogP contribution in [0.1, 0.15) is 24.9 Å². The zero-order chi connectivity index (χ0) is 9.54. The lowest BCUT2D eigenvalue weighted by Crippen LogP contribution is -2.35. The van der Waals surface area contributed by atoms with E-state index in [1.807, 2.05) is 0 Å². The molecule has 1 saturated heterocycles. The van der Waals surface area contributed by atoms with E-state index in [0.717, 1.165) is 12.5 Å². The maximum Gasteiger partial charge on any atom is 0.0390 e. The Bertz CT molecular complexity index is 348. The van der Waals surface area contributed by atoms with Gasteiger partial charge in [0, 0.05) is 17.8 Å². The van der Waals surface area contributed by atoms with Gasteiger partial charge in [-0.25, -0.2) is 0 Å². The molecule has 0 bridgehead atoms. The minimum absolute atomic E-state index is 0.586. The van der Waals surface area contributed by atoms with Gasteiger partial charge in [-0.05, 0) is 37.4 Å². The molecule has 2 aliphatic rings. The first-order valence-corrected chi connectivity index (χ1v) is 5.45. The van der Waals surface area contributed by atoms with Crippen LogP contribution >= 0.6 is 0 Å². The van der Waals surface area contributed by atoms with Crippen molar-refractivity contribution in [1.29, 1.82) is 0 Å². The first-order valence-electron chi connectivity index (χ1n) is 5.45. The lowest BCUT2D eigenvalue weighted by atomic mass is 9.84. The van der Waals surface area contributed by atoms with Crippen LogP contribution in [0.25, 0.3) is 0 Å². The van der Waals surface area contributed by atoms with Gasteiger partial charge in [0.25, 0.3) is 0 Å². The molecule has 1 aromatic rings. The average molecular weight is 188 g/mol. The highest BCUT2D eigenvalue weighted by Gasteiger charge is 2.36. The van der Waals surface area contributed by atoms with Crippen LogP contribution in [0, 0.1) is 5.92 Å². The molecule has 1 aromatic carbocycles. The summed E-state index contributed by atoms with van der Waals surface area (Å²) in [7, 11) is 0. The predicted molar refractivity (Wildman–Crippen MR) is 58.4 cm³/mol. The highest BCUT2D eigenvalue weighted by Crippen LogP contribution is 2.40. The molecule has 0 aliphatic carbocycles. The Hall–Kier alpha value is -1.02. The van der Waals surface area contributed by atoms with Crippen molar-refractivity contribution in [1.82, 2.24) is 5.32 Å². The summed E-state index contributed by atoms with van der Waals surface area (Å²) in [6.45, 7) is 3.45. The van der Waals surface area contributed by atoms with Gasteiger partial charge in [-0.2, -0.15) is 0 Å². The molecule has 2 heteroatoms. The van der Waals surface area contributed by atoms with Gasteiger partial charge in [-0.15, -0.1) is 0 Å². The Morgan fingerprint density at radius 1 is 1.29 bits per heavy atom. The summed E-state index contributed by atoms with van der Waals surface area (Å²) in [6, 6.07) is 9.85. The van der Waals surface area contributed by atoms with Crippen LogP contribution in [-0.4, -0.2) is 12.6 Å². The fourth-order valence-electron chi connectivity index (χ4n) is 2.85. The second-order valence-electron chi connectivity index (χ2n) is 4.40. The van der Waals surface area contributed by atoms with Crippen LogP contribution in [0.15, 0.2) is 24.3 Å². The van der Waals surface area contributed by atoms with E-state index in [1.165, 1.54) is 17.7 Å². The van der Waals surface area contributed by atoms with Gasteiger partial charge in [-0.1, -0.05) is 18.2 Å². The molecule has 2 heterocycles. The van der Waals surface area contributed by atoms with Gasteiger partial charge in [-0.3, -0.25) is 0 Å². The third-order valence-corrected chi connectivity index (χ3v) is 3.59. The minimum Gasteiger partial charge on any atom is -0.382 e. The number of para-hydroxylation sites is 1. The maximum atomic E-state index is 3.61. The van der Waals surface area contributed by atoms with Crippen LogP contribution in [0.2, 0.25) is 0 Å². The van der Waals surface area contributed by atoms with Gasteiger partial charge in [0.05, 0.1) is 0 Å². The summed E-state index contributed by atoms with van der Waals surface area (Å²) in [4.78, 5) is 0.